The first kappa shape index (κ1) is 16.0. The summed E-state index contributed by atoms with van der Waals surface area (Å²) < 4.78 is 6.14. The Labute approximate surface area is 143 Å². The van der Waals surface area contributed by atoms with Crippen molar-refractivity contribution in [1.29, 1.82) is 0 Å². The first-order chi connectivity index (χ1) is 11.7. The monoisotopic (exact) mass is 328 g/mol. The molecule has 1 saturated carbocycles. The molecule has 4 heteroatoms. The molecule has 4 nitrogen and oxygen atoms in total. The van der Waals surface area contributed by atoms with Crippen LogP contribution in [0.15, 0.2) is 30.5 Å². The maximum Gasteiger partial charge on any atom is 0.145 e. The quantitative estimate of drug-likeness (QED) is 0.894. The van der Waals surface area contributed by atoms with Gasteiger partial charge in [-0.2, -0.15) is 0 Å². The van der Waals surface area contributed by atoms with Crippen LogP contribution in [0.3, 0.4) is 0 Å². The Balaban J connectivity index is 1.48. The van der Waals surface area contributed by atoms with E-state index < -0.39 is 6.23 Å². The topological polar surface area (TPSA) is 48.5 Å². The number of aliphatic hydroxyl groups excluding tert-OH is 1. The molecule has 1 aromatic carbocycles. The molecule has 0 bridgehead atoms. The van der Waals surface area contributed by atoms with E-state index in [0.29, 0.717) is 6.04 Å². The van der Waals surface area contributed by atoms with Crippen molar-refractivity contribution in [3.8, 4) is 5.75 Å². The third kappa shape index (κ3) is 2.93. The number of hydrogen-bond acceptors (Lipinski definition) is 3. The molecule has 2 aliphatic rings. The Morgan fingerprint density at radius 1 is 1.17 bits per heavy atom. The van der Waals surface area contributed by atoms with Crippen LogP contribution in [0.25, 0.3) is 10.9 Å². The first-order valence-electron chi connectivity index (χ1n) is 9.40. The van der Waals surface area contributed by atoms with Crippen LogP contribution >= 0.6 is 0 Å². The van der Waals surface area contributed by atoms with Gasteiger partial charge in [0.05, 0.1) is 0 Å². The second-order valence-corrected chi connectivity index (χ2v) is 7.43. The lowest BCUT2D eigenvalue weighted by Gasteiger charge is -2.47. The summed E-state index contributed by atoms with van der Waals surface area (Å²) in [6.45, 7) is 2.97. The summed E-state index contributed by atoms with van der Waals surface area (Å²) in [6, 6.07) is 8.66. The second kappa shape index (κ2) is 6.77. The maximum atomic E-state index is 10.9. The summed E-state index contributed by atoms with van der Waals surface area (Å²) >= 11 is 0. The molecule has 4 unspecified atom stereocenters. The average Bonchev–Trinajstić information content (AvgIpc) is 3.03. The van der Waals surface area contributed by atoms with Gasteiger partial charge >= 0.3 is 0 Å². The summed E-state index contributed by atoms with van der Waals surface area (Å²) in [7, 11) is 0. The number of likely N-dealkylation sites (tertiary alicyclic amines) is 1. The lowest BCUT2D eigenvalue weighted by molar-refractivity contribution is -0.114. The fraction of sp³-hybridized carbons (Fsp3) is 0.600. The third-order valence-corrected chi connectivity index (χ3v) is 5.91. The Morgan fingerprint density at radius 2 is 1.96 bits per heavy atom. The number of hydrogen-bond donors (Lipinski definition) is 2. The number of aromatic nitrogens is 1. The van der Waals surface area contributed by atoms with Crippen molar-refractivity contribution in [1.82, 2.24) is 9.88 Å². The van der Waals surface area contributed by atoms with E-state index in [1.165, 1.54) is 38.5 Å². The van der Waals surface area contributed by atoms with Crippen LogP contribution < -0.4 is 4.74 Å². The van der Waals surface area contributed by atoms with Crippen LogP contribution in [-0.2, 0) is 0 Å². The Morgan fingerprint density at radius 3 is 2.88 bits per heavy atom. The predicted octanol–water partition coefficient (Wildman–Crippen LogP) is 3.91. The Bertz CT molecular complexity index is 681. The predicted molar refractivity (Wildman–Crippen MR) is 96.1 cm³/mol. The Hall–Kier alpha value is -1.52. The van der Waals surface area contributed by atoms with Crippen molar-refractivity contribution >= 4 is 10.9 Å². The molecule has 4 atom stereocenters. The molecule has 1 saturated heterocycles. The van der Waals surface area contributed by atoms with Gasteiger partial charge in [0.2, 0.25) is 0 Å². The fourth-order valence-electron chi connectivity index (χ4n) is 4.66. The lowest BCUT2D eigenvalue weighted by atomic mass is 9.78. The smallest absolute Gasteiger partial charge is 0.145 e. The number of nitrogens with one attached hydrogen (secondary N) is 1. The molecule has 2 fully saturated rings. The van der Waals surface area contributed by atoms with E-state index in [1.807, 2.05) is 31.3 Å². The van der Waals surface area contributed by atoms with Crippen LogP contribution in [0.4, 0.5) is 0 Å². The summed E-state index contributed by atoms with van der Waals surface area (Å²) in [6.07, 6.45) is 8.83. The van der Waals surface area contributed by atoms with Crippen molar-refractivity contribution in [2.24, 2.45) is 5.92 Å². The van der Waals surface area contributed by atoms with Gasteiger partial charge in [-0.25, -0.2) is 0 Å². The second-order valence-electron chi connectivity index (χ2n) is 7.43. The molecule has 0 radical (unpaired) electrons. The SMILES string of the molecule is CC(Oc1c[nH]c2ccccc12)C(O)N1CCCC2CCCCC21. The molecule has 2 heterocycles. The minimum Gasteiger partial charge on any atom is -0.484 e. The van der Waals surface area contributed by atoms with Gasteiger partial charge < -0.3 is 14.8 Å². The van der Waals surface area contributed by atoms with Gasteiger partial charge in [-0.3, -0.25) is 4.90 Å². The molecule has 2 aromatic rings. The number of ether oxygens (including phenoxy) is 1. The van der Waals surface area contributed by atoms with Gasteiger partial charge in [0.25, 0.3) is 0 Å². The van der Waals surface area contributed by atoms with Gasteiger partial charge in [0, 0.05) is 29.7 Å². The number of aromatic amines is 1. The van der Waals surface area contributed by atoms with Gasteiger partial charge in [-0.05, 0) is 50.7 Å². The molecule has 24 heavy (non-hydrogen) atoms. The maximum absolute atomic E-state index is 10.9. The van der Waals surface area contributed by atoms with E-state index in [0.717, 1.165) is 29.1 Å². The first-order valence-corrected chi connectivity index (χ1v) is 9.40. The van der Waals surface area contributed by atoms with Crippen molar-refractivity contribution in [2.45, 2.75) is 63.8 Å². The van der Waals surface area contributed by atoms with Gasteiger partial charge in [0.15, 0.2) is 0 Å². The fourth-order valence-corrected chi connectivity index (χ4v) is 4.66. The average molecular weight is 328 g/mol. The number of H-pyrrole nitrogens is 1. The van der Waals surface area contributed by atoms with Crippen LogP contribution in [0.5, 0.6) is 5.75 Å². The highest BCUT2D eigenvalue weighted by atomic mass is 16.5. The van der Waals surface area contributed by atoms with Gasteiger partial charge in [-0.15, -0.1) is 0 Å². The summed E-state index contributed by atoms with van der Waals surface area (Å²) in [5.41, 5.74) is 1.07. The van der Waals surface area contributed by atoms with Crippen molar-refractivity contribution in [2.75, 3.05) is 6.54 Å². The van der Waals surface area contributed by atoms with Crippen LogP contribution in [0, 0.1) is 5.92 Å². The number of piperidine rings is 1. The number of nitrogens with zero attached hydrogens (tertiary/aromatic N) is 1. The van der Waals surface area contributed by atoms with Crippen molar-refractivity contribution < 1.29 is 9.84 Å². The zero-order chi connectivity index (χ0) is 16.5. The molecular formula is C20H28N2O2. The molecule has 1 aliphatic heterocycles. The molecule has 1 aromatic heterocycles. The summed E-state index contributed by atoms with van der Waals surface area (Å²) in [5, 5.41) is 12.0. The van der Waals surface area contributed by atoms with Crippen LogP contribution in [-0.4, -0.2) is 39.9 Å². The number of aliphatic hydroxyl groups is 1. The van der Waals surface area contributed by atoms with E-state index in [-0.39, 0.29) is 6.10 Å². The molecular weight excluding hydrogens is 300 g/mol. The highest BCUT2D eigenvalue weighted by Gasteiger charge is 2.38. The largest absolute Gasteiger partial charge is 0.484 e. The zero-order valence-electron chi connectivity index (χ0n) is 14.4. The van der Waals surface area contributed by atoms with E-state index >= 15 is 0 Å². The van der Waals surface area contributed by atoms with E-state index in [1.54, 1.807) is 0 Å². The molecule has 4 rings (SSSR count). The standard InChI is InChI=1S/C20H28N2O2/c1-14(24-19-13-21-17-10-4-3-9-16(17)19)20(23)22-12-6-8-15-7-2-5-11-18(15)22/h3-4,9-10,13-15,18,20-21,23H,2,5-8,11-12H2,1H3. The molecule has 2 N–H and O–H groups in total. The Kier molecular flexibility index (Phi) is 4.51. The minimum atomic E-state index is -0.537. The number of rotatable bonds is 4. The minimum absolute atomic E-state index is 0.245. The number of fused-ring (bicyclic) bond motifs is 2. The summed E-state index contributed by atoms with van der Waals surface area (Å²) in [4.78, 5) is 5.55. The number of para-hydroxylation sites is 1. The highest BCUT2D eigenvalue weighted by Crippen LogP contribution is 2.37. The van der Waals surface area contributed by atoms with Crippen LogP contribution in [0.1, 0.15) is 45.4 Å². The third-order valence-electron chi connectivity index (χ3n) is 5.91. The molecule has 1 aliphatic carbocycles. The van der Waals surface area contributed by atoms with Gasteiger partial charge in [-0.1, -0.05) is 25.0 Å². The number of benzene rings is 1. The zero-order valence-corrected chi connectivity index (χ0v) is 14.4. The molecule has 0 spiro atoms. The summed E-state index contributed by atoms with van der Waals surface area (Å²) in [5.74, 6) is 1.59. The van der Waals surface area contributed by atoms with E-state index in [4.69, 9.17) is 4.74 Å². The normalized spacial score (nSPS) is 27.6. The highest BCUT2D eigenvalue weighted by molar-refractivity contribution is 5.85. The lowest BCUT2D eigenvalue weighted by Crippen LogP contribution is -2.55. The molecule has 130 valence electrons. The van der Waals surface area contributed by atoms with Crippen LogP contribution in [0.2, 0.25) is 0 Å². The van der Waals surface area contributed by atoms with E-state index in [9.17, 15) is 5.11 Å². The molecule has 0 amide bonds. The van der Waals surface area contributed by atoms with Gasteiger partial charge in [0.1, 0.15) is 18.1 Å². The van der Waals surface area contributed by atoms with Crippen molar-refractivity contribution in [3.63, 3.8) is 0 Å². The van der Waals surface area contributed by atoms with E-state index in [2.05, 4.69) is 16.0 Å². The van der Waals surface area contributed by atoms with Crippen molar-refractivity contribution in [3.05, 3.63) is 30.5 Å².